The van der Waals surface area contributed by atoms with Crippen molar-refractivity contribution in [3.8, 4) is 67.5 Å². The predicted molar refractivity (Wildman–Crippen MR) is 266 cm³/mol. The van der Waals surface area contributed by atoms with Crippen LogP contribution in [-0.4, -0.2) is 15.0 Å². The molecule has 1 aromatic heterocycles. The molecule has 0 unspecified atom stereocenters. The summed E-state index contributed by atoms with van der Waals surface area (Å²) < 4.78 is 0. The Balaban J connectivity index is 1.02. The van der Waals surface area contributed by atoms with Gasteiger partial charge in [-0.1, -0.05) is 210 Å². The van der Waals surface area contributed by atoms with E-state index in [-0.39, 0.29) is 10.8 Å². The molecule has 0 N–H and O–H groups in total. The standard InChI is InChI=1S/C62H45N3/c1-60(2)51-25-15-13-23-45(51)47-31-28-41(37-55(47)60)59-64-57(39-29-33-52-50(36-39)48-32-27-38-17-11-12-22-44(38)56(48)61(52,3)4)63-58(65-59)40-30-34-54-49(35-40)46-24-14-16-26-53(46)62(54,42-18-7-5-8-19-42)43-20-9-6-10-21-43/h5-37H,1-4H3. The van der Waals surface area contributed by atoms with Crippen molar-refractivity contribution in [3.05, 3.63) is 245 Å². The quantitative estimate of drug-likeness (QED) is 0.173. The first kappa shape index (κ1) is 37.8. The van der Waals surface area contributed by atoms with E-state index in [1.165, 1.54) is 88.7 Å². The fourth-order valence-corrected chi connectivity index (χ4v) is 12.0. The molecule has 0 radical (unpaired) electrons. The monoisotopic (exact) mass is 831 g/mol. The summed E-state index contributed by atoms with van der Waals surface area (Å²) in [5, 5.41) is 2.57. The molecule has 3 aliphatic rings. The van der Waals surface area contributed by atoms with Crippen molar-refractivity contribution in [3.63, 3.8) is 0 Å². The Morgan fingerprint density at radius 3 is 1.42 bits per heavy atom. The van der Waals surface area contributed by atoms with Gasteiger partial charge < -0.3 is 0 Å². The zero-order valence-corrected chi connectivity index (χ0v) is 36.9. The van der Waals surface area contributed by atoms with Crippen LogP contribution in [0.3, 0.4) is 0 Å². The van der Waals surface area contributed by atoms with Crippen molar-refractivity contribution in [2.75, 3.05) is 0 Å². The molecule has 0 saturated carbocycles. The zero-order chi connectivity index (χ0) is 43.7. The lowest BCUT2D eigenvalue weighted by molar-refractivity contribution is 0.660. The molecule has 0 amide bonds. The third-order valence-corrected chi connectivity index (χ3v) is 15.0. The summed E-state index contributed by atoms with van der Waals surface area (Å²) >= 11 is 0. The number of hydrogen-bond acceptors (Lipinski definition) is 3. The molecule has 13 rings (SSSR count). The maximum absolute atomic E-state index is 5.41. The Labute approximate surface area is 380 Å². The highest BCUT2D eigenvalue weighted by Crippen LogP contribution is 2.57. The van der Waals surface area contributed by atoms with E-state index in [9.17, 15) is 0 Å². The van der Waals surface area contributed by atoms with Gasteiger partial charge in [-0.25, -0.2) is 15.0 Å². The molecule has 0 spiro atoms. The van der Waals surface area contributed by atoms with E-state index in [4.69, 9.17) is 15.0 Å². The SMILES string of the molecule is CC1(C)c2ccccc2-c2ccc(-c3nc(-c4ccc5c(c4)-c4ccc6ccccc6c4C5(C)C)nc(-c4ccc5c(c4)-c4ccccc4C5(c4ccccc4)c4ccccc4)n3)cc21. The van der Waals surface area contributed by atoms with Crippen molar-refractivity contribution < 1.29 is 0 Å². The minimum Gasteiger partial charge on any atom is -0.208 e. The zero-order valence-electron chi connectivity index (χ0n) is 36.9. The van der Waals surface area contributed by atoms with Crippen LogP contribution in [0.1, 0.15) is 72.2 Å². The summed E-state index contributed by atoms with van der Waals surface area (Å²) in [7, 11) is 0. The van der Waals surface area contributed by atoms with E-state index in [1.54, 1.807) is 0 Å². The van der Waals surface area contributed by atoms with Crippen molar-refractivity contribution in [1.29, 1.82) is 0 Å². The van der Waals surface area contributed by atoms with E-state index in [0.717, 1.165) is 16.7 Å². The van der Waals surface area contributed by atoms with Gasteiger partial charge in [0.2, 0.25) is 0 Å². The van der Waals surface area contributed by atoms with Crippen LogP contribution < -0.4 is 0 Å². The van der Waals surface area contributed by atoms with Crippen molar-refractivity contribution in [2.45, 2.75) is 43.9 Å². The maximum atomic E-state index is 5.41. The minimum absolute atomic E-state index is 0.163. The largest absolute Gasteiger partial charge is 0.208 e. The van der Waals surface area contributed by atoms with Crippen LogP contribution in [0, 0.1) is 0 Å². The fraction of sp³-hybridized carbons (Fsp3) is 0.113. The van der Waals surface area contributed by atoms with Crippen LogP contribution in [0.25, 0.3) is 78.3 Å². The molecule has 0 bridgehead atoms. The Hall–Kier alpha value is -7.75. The molecule has 0 atom stereocenters. The number of rotatable bonds is 5. The predicted octanol–water partition coefficient (Wildman–Crippen LogP) is 15.0. The van der Waals surface area contributed by atoms with Gasteiger partial charge in [-0.15, -0.1) is 0 Å². The third-order valence-electron chi connectivity index (χ3n) is 15.0. The molecule has 0 aliphatic heterocycles. The Morgan fingerprint density at radius 1 is 0.308 bits per heavy atom. The van der Waals surface area contributed by atoms with E-state index < -0.39 is 5.41 Å². The molecule has 9 aromatic carbocycles. The fourth-order valence-electron chi connectivity index (χ4n) is 12.0. The van der Waals surface area contributed by atoms with E-state index in [2.05, 4.69) is 228 Å². The molecule has 10 aromatic rings. The topological polar surface area (TPSA) is 38.7 Å². The first-order valence-corrected chi connectivity index (χ1v) is 22.8. The first-order valence-electron chi connectivity index (χ1n) is 22.8. The van der Waals surface area contributed by atoms with Crippen LogP contribution in [0.5, 0.6) is 0 Å². The third kappa shape index (κ3) is 5.27. The number of aromatic nitrogens is 3. The lowest BCUT2D eigenvalue weighted by atomic mass is 9.67. The van der Waals surface area contributed by atoms with Crippen LogP contribution in [0.2, 0.25) is 0 Å². The number of nitrogens with zero attached hydrogens (tertiary/aromatic N) is 3. The van der Waals surface area contributed by atoms with Gasteiger partial charge in [-0.3, -0.25) is 0 Å². The summed E-state index contributed by atoms with van der Waals surface area (Å²) in [4.78, 5) is 16.2. The average Bonchev–Trinajstić information content (AvgIpc) is 3.88. The Kier molecular flexibility index (Phi) is 7.92. The van der Waals surface area contributed by atoms with Crippen molar-refractivity contribution in [2.24, 2.45) is 0 Å². The highest BCUT2D eigenvalue weighted by molar-refractivity contribution is 5.98. The molecule has 0 saturated heterocycles. The average molecular weight is 832 g/mol. The van der Waals surface area contributed by atoms with E-state index >= 15 is 0 Å². The second-order valence-electron chi connectivity index (χ2n) is 19.1. The van der Waals surface area contributed by atoms with Crippen LogP contribution in [0.4, 0.5) is 0 Å². The van der Waals surface area contributed by atoms with E-state index in [0.29, 0.717) is 17.5 Å². The molecular weight excluding hydrogens is 787 g/mol. The van der Waals surface area contributed by atoms with Gasteiger partial charge in [0.25, 0.3) is 0 Å². The Bertz CT molecular complexity index is 3560. The van der Waals surface area contributed by atoms with Gasteiger partial charge >= 0.3 is 0 Å². The first-order chi connectivity index (χ1) is 31.7. The molecule has 308 valence electrons. The minimum atomic E-state index is -0.489. The highest BCUT2D eigenvalue weighted by Gasteiger charge is 2.46. The normalized spacial score (nSPS) is 15.1. The molecule has 1 heterocycles. The van der Waals surface area contributed by atoms with Gasteiger partial charge in [0.1, 0.15) is 0 Å². The second kappa shape index (κ2) is 13.6. The maximum Gasteiger partial charge on any atom is 0.164 e. The molecular formula is C62H45N3. The van der Waals surface area contributed by atoms with E-state index in [1.807, 2.05) is 0 Å². The molecule has 65 heavy (non-hydrogen) atoms. The van der Waals surface area contributed by atoms with Crippen molar-refractivity contribution >= 4 is 10.8 Å². The van der Waals surface area contributed by atoms with Gasteiger partial charge in [-0.05, 0) is 107 Å². The molecule has 3 aliphatic carbocycles. The summed E-state index contributed by atoms with van der Waals surface area (Å²) in [5.74, 6) is 1.97. The van der Waals surface area contributed by atoms with Gasteiger partial charge in [0.05, 0.1) is 5.41 Å². The van der Waals surface area contributed by atoms with Gasteiger partial charge in [-0.2, -0.15) is 0 Å². The van der Waals surface area contributed by atoms with Crippen LogP contribution in [-0.2, 0) is 16.2 Å². The molecule has 0 fully saturated rings. The number of hydrogen-bond donors (Lipinski definition) is 0. The summed E-state index contributed by atoms with van der Waals surface area (Å²) in [5.41, 5.74) is 19.9. The molecule has 3 nitrogen and oxygen atoms in total. The second-order valence-corrected chi connectivity index (χ2v) is 19.1. The molecule has 3 heteroatoms. The van der Waals surface area contributed by atoms with Crippen LogP contribution >= 0.6 is 0 Å². The number of fused-ring (bicyclic) bond motifs is 11. The summed E-state index contributed by atoms with van der Waals surface area (Å²) in [6.45, 7) is 9.36. The van der Waals surface area contributed by atoms with Crippen molar-refractivity contribution in [1.82, 2.24) is 15.0 Å². The lowest BCUT2D eigenvalue weighted by Crippen LogP contribution is -2.28. The number of benzene rings is 9. The summed E-state index contributed by atoms with van der Waals surface area (Å²) in [6, 6.07) is 73.4. The lowest BCUT2D eigenvalue weighted by Gasteiger charge is -2.33. The smallest absolute Gasteiger partial charge is 0.164 e. The van der Waals surface area contributed by atoms with Gasteiger partial charge in [0.15, 0.2) is 17.5 Å². The Morgan fingerprint density at radius 2 is 0.754 bits per heavy atom. The summed E-state index contributed by atoms with van der Waals surface area (Å²) in [6.07, 6.45) is 0. The van der Waals surface area contributed by atoms with Gasteiger partial charge in [0, 0.05) is 27.5 Å². The highest BCUT2D eigenvalue weighted by atomic mass is 15.0. The van der Waals surface area contributed by atoms with Crippen LogP contribution in [0.15, 0.2) is 200 Å².